The Kier molecular flexibility index (Phi) is 4.84. The third-order valence-electron chi connectivity index (χ3n) is 2.94. The average Bonchev–Trinajstić information content (AvgIpc) is 1.97. The van der Waals surface area contributed by atoms with E-state index in [1.807, 2.05) is 0 Å². The minimum absolute atomic E-state index is 0.419. The van der Waals surface area contributed by atoms with E-state index in [0.717, 1.165) is 5.92 Å². The maximum absolute atomic E-state index is 3.41. The standard InChI is InChI=1S/C11H25N/c1-7-8-10(12-6)9(2)11(3,4)5/h9-10,12H,7-8H2,1-6H3. The van der Waals surface area contributed by atoms with Crippen molar-refractivity contribution in [3.63, 3.8) is 0 Å². The molecule has 0 saturated carbocycles. The molecule has 0 radical (unpaired) electrons. The summed E-state index contributed by atoms with van der Waals surface area (Å²) in [5.41, 5.74) is 0.419. The van der Waals surface area contributed by atoms with Gasteiger partial charge in [-0.05, 0) is 24.8 Å². The first-order valence-corrected chi connectivity index (χ1v) is 5.10. The summed E-state index contributed by atoms with van der Waals surface area (Å²) in [6.07, 6.45) is 2.56. The lowest BCUT2D eigenvalue weighted by Gasteiger charge is -2.34. The second-order valence-electron chi connectivity index (χ2n) is 4.84. The lowest BCUT2D eigenvalue weighted by molar-refractivity contribution is 0.195. The molecule has 1 N–H and O–H groups in total. The molecular weight excluding hydrogens is 146 g/mol. The molecule has 0 fully saturated rings. The first-order valence-electron chi connectivity index (χ1n) is 5.10. The summed E-state index contributed by atoms with van der Waals surface area (Å²) in [5.74, 6) is 0.738. The van der Waals surface area contributed by atoms with Crippen LogP contribution in [0.2, 0.25) is 0 Å². The Labute approximate surface area is 77.9 Å². The van der Waals surface area contributed by atoms with E-state index in [4.69, 9.17) is 0 Å². The molecule has 0 amide bonds. The molecule has 0 aromatic rings. The zero-order valence-electron chi connectivity index (χ0n) is 9.57. The normalized spacial score (nSPS) is 17.5. The zero-order chi connectivity index (χ0) is 9.78. The highest BCUT2D eigenvalue weighted by molar-refractivity contribution is 4.80. The predicted molar refractivity (Wildman–Crippen MR) is 56.4 cm³/mol. The minimum atomic E-state index is 0.419. The van der Waals surface area contributed by atoms with Gasteiger partial charge in [0.05, 0.1) is 0 Å². The maximum Gasteiger partial charge on any atom is 0.00945 e. The molecule has 2 unspecified atom stereocenters. The molecule has 0 aromatic heterocycles. The lowest BCUT2D eigenvalue weighted by Crippen LogP contribution is -2.38. The van der Waals surface area contributed by atoms with E-state index >= 15 is 0 Å². The van der Waals surface area contributed by atoms with Crippen LogP contribution in [0.4, 0.5) is 0 Å². The Balaban J connectivity index is 4.11. The van der Waals surface area contributed by atoms with Crippen LogP contribution in [0.25, 0.3) is 0 Å². The molecule has 0 aliphatic heterocycles. The van der Waals surface area contributed by atoms with Gasteiger partial charge in [-0.25, -0.2) is 0 Å². The first-order chi connectivity index (χ1) is 5.43. The molecule has 0 saturated heterocycles. The number of nitrogens with one attached hydrogen (secondary N) is 1. The van der Waals surface area contributed by atoms with Crippen LogP contribution in [-0.4, -0.2) is 13.1 Å². The van der Waals surface area contributed by atoms with Crippen LogP contribution in [0.5, 0.6) is 0 Å². The van der Waals surface area contributed by atoms with E-state index in [0.29, 0.717) is 11.5 Å². The number of hydrogen-bond acceptors (Lipinski definition) is 1. The van der Waals surface area contributed by atoms with Gasteiger partial charge in [-0.15, -0.1) is 0 Å². The van der Waals surface area contributed by atoms with Crippen molar-refractivity contribution in [2.75, 3.05) is 7.05 Å². The van der Waals surface area contributed by atoms with Gasteiger partial charge in [-0.3, -0.25) is 0 Å². The molecule has 0 aromatic carbocycles. The van der Waals surface area contributed by atoms with Crippen LogP contribution in [0.1, 0.15) is 47.5 Å². The van der Waals surface area contributed by atoms with Crippen LogP contribution in [-0.2, 0) is 0 Å². The molecule has 0 aliphatic carbocycles. The third-order valence-corrected chi connectivity index (χ3v) is 2.94. The summed E-state index contributed by atoms with van der Waals surface area (Å²) in [4.78, 5) is 0. The highest BCUT2D eigenvalue weighted by atomic mass is 14.9. The molecule has 0 aliphatic rings. The Morgan fingerprint density at radius 3 is 2.00 bits per heavy atom. The third kappa shape index (κ3) is 3.57. The molecule has 1 heteroatoms. The Bertz CT molecular complexity index is 113. The summed E-state index contributed by atoms with van der Waals surface area (Å²) < 4.78 is 0. The molecule has 1 nitrogen and oxygen atoms in total. The highest BCUT2D eigenvalue weighted by Crippen LogP contribution is 2.29. The molecule has 74 valence electrons. The zero-order valence-corrected chi connectivity index (χ0v) is 9.57. The molecule has 0 spiro atoms. The van der Waals surface area contributed by atoms with Gasteiger partial charge >= 0.3 is 0 Å². The van der Waals surface area contributed by atoms with Crippen molar-refractivity contribution in [2.24, 2.45) is 11.3 Å². The average molecular weight is 171 g/mol. The number of hydrogen-bond donors (Lipinski definition) is 1. The van der Waals surface area contributed by atoms with Gasteiger partial charge in [-0.2, -0.15) is 0 Å². The summed E-state index contributed by atoms with van der Waals surface area (Å²) in [5, 5.41) is 3.41. The van der Waals surface area contributed by atoms with Crippen LogP contribution >= 0.6 is 0 Å². The fourth-order valence-electron chi connectivity index (χ4n) is 1.56. The first kappa shape index (κ1) is 12.0. The highest BCUT2D eigenvalue weighted by Gasteiger charge is 2.26. The van der Waals surface area contributed by atoms with Crippen molar-refractivity contribution in [3.8, 4) is 0 Å². The molecular formula is C11H25N. The Morgan fingerprint density at radius 1 is 1.25 bits per heavy atom. The summed E-state index contributed by atoms with van der Waals surface area (Å²) in [7, 11) is 2.07. The monoisotopic (exact) mass is 171 g/mol. The van der Waals surface area contributed by atoms with Crippen LogP contribution in [0.15, 0.2) is 0 Å². The fourth-order valence-corrected chi connectivity index (χ4v) is 1.56. The second-order valence-corrected chi connectivity index (χ2v) is 4.84. The molecule has 12 heavy (non-hydrogen) atoms. The van der Waals surface area contributed by atoms with E-state index in [1.165, 1.54) is 12.8 Å². The molecule has 0 rings (SSSR count). The van der Waals surface area contributed by atoms with E-state index < -0.39 is 0 Å². The van der Waals surface area contributed by atoms with Gasteiger partial charge < -0.3 is 5.32 Å². The van der Waals surface area contributed by atoms with Gasteiger partial charge in [-0.1, -0.05) is 41.0 Å². The van der Waals surface area contributed by atoms with Gasteiger partial charge in [0.1, 0.15) is 0 Å². The van der Waals surface area contributed by atoms with Crippen LogP contribution in [0, 0.1) is 11.3 Å². The SMILES string of the molecule is CCCC(NC)C(C)C(C)(C)C. The summed E-state index contributed by atoms with van der Waals surface area (Å²) in [6.45, 7) is 11.5. The smallest absolute Gasteiger partial charge is 0.00945 e. The van der Waals surface area contributed by atoms with E-state index in [1.54, 1.807) is 0 Å². The summed E-state index contributed by atoms with van der Waals surface area (Å²) >= 11 is 0. The minimum Gasteiger partial charge on any atom is -0.317 e. The van der Waals surface area contributed by atoms with Crippen molar-refractivity contribution in [1.82, 2.24) is 5.32 Å². The predicted octanol–water partition coefficient (Wildman–Crippen LogP) is 3.06. The number of rotatable bonds is 4. The van der Waals surface area contributed by atoms with Crippen LogP contribution < -0.4 is 5.32 Å². The van der Waals surface area contributed by atoms with E-state index in [9.17, 15) is 0 Å². The van der Waals surface area contributed by atoms with Crippen molar-refractivity contribution in [1.29, 1.82) is 0 Å². The fraction of sp³-hybridized carbons (Fsp3) is 1.00. The van der Waals surface area contributed by atoms with E-state index in [2.05, 4.69) is 47.0 Å². The van der Waals surface area contributed by atoms with Gasteiger partial charge in [0.2, 0.25) is 0 Å². The van der Waals surface area contributed by atoms with Crippen molar-refractivity contribution in [3.05, 3.63) is 0 Å². The second kappa shape index (κ2) is 4.86. The van der Waals surface area contributed by atoms with Crippen LogP contribution in [0.3, 0.4) is 0 Å². The lowest BCUT2D eigenvalue weighted by atomic mass is 9.76. The van der Waals surface area contributed by atoms with Gasteiger partial charge in [0.15, 0.2) is 0 Å². The van der Waals surface area contributed by atoms with Gasteiger partial charge in [0, 0.05) is 6.04 Å². The van der Waals surface area contributed by atoms with Gasteiger partial charge in [0.25, 0.3) is 0 Å². The van der Waals surface area contributed by atoms with Crippen molar-refractivity contribution >= 4 is 0 Å². The van der Waals surface area contributed by atoms with Crippen molar-refractivity contribution < 1.29 is 0 Å². The quantitative estimate of drug-likeness (QED) is 0.685. The largest absolute Gasteiger partial charge is 0.317 e. The maximum atomic E-state index is 3.41. The Morgan fingerprint density at radius 2 is 1.75 bits per heavy atom. The summed E-state index contributed by atoms with van der Waals surface area (Å²) in [6, 6.07) is 0.676. The molecule has 0 heterocycles. The van der Waals surface area contributed by atoms with Crippen molar-refractivity contribution in [2.45, 2.75) is 53.5 Å². The Hall–Kier alpha value is -0.0400. The molecule has 2 atom stereocenters. The molecule has 0 bridgehead atoms. The topological polar surface area (TPSA) is 12.0 Å². The van der Waals surface area contributed by atoms with E-state index in [-0.39, 0.29) is 0 Å².